The lowest BCUT2D eigenvalue weighted by Gasteiger charge is -2.16. The van der Waals surface area contributed by atoms with Gasteiger partial charge < -0.3 is 15.3 Å². The van der Waals surface area contributed by atoms with Gasteiger partial charge in [-0.2, -0.15) is 0 Å². The molecular formula is C13H21FN2O. The van der Waals surface area contributed by atoms with Crippen LogP contribution in [0.3, 0.4) is 0 Å². The molecule has 0 fully saturated rings. The Morgan fingerprint density at radius 2 is 2.00 bits per heavy atom. The molecule has 1 aromatic carbocycles. The minimum Gasteiger partial charge on any atom is -0.387 e. The Kier molecular flexibility index (Phi) is 6.11. The van der Waals surface area contributed by atoms with E-state index >= 15 is 0 Å². The van der Waals surface area contributed by atoms with Crippen molar-refractivity contribution in [2.75, 3.05) is 33.2 Å². The lowest BCUT2D eigenvalue weighted by atomic mass is 10.1. The molecule has 0 radical (unpaired) electrons. The molecular weight excluding hydrogens is 219 g/mol. The third kappa shape index (κ3) is 5.26. The van der Waals surface area contributed by atoms with E-state index in [9.17, 15) is 9.50 Å². The molecule has 0 bridgehead atoms. The van der Waals surface area contributed by atoms with Crippen LogP contribution in [-0.4, -0.2) is 43.2 Å². The van der Waals surface area contributed by atoms with Gasteiger partial charge in [0.1, 0.15) is 5.82 Å². The fourth-order valence-corrected chi connectivity index (χ4v) is 1.47. The second-order valence-electron chi connectivity index (χ2n) is 4.17. The molecule has 4 heteroatoms. The van der Waals surface area contributed by atoms with E-state index in [0.29, 0.717) is 6.54 Å². The van der Waals surface area contributed by atoms with Gasteiger partial charge in [-0.05, 0) is 31.3 Å². The highest BCUT2D eigenvalue weighted by Crippen LogP contribution is 2.12. The Hall–Kier alpha value is -0.970. The number of aliphatic hydroxyl groups is 1. The molecule has 17 heavy (non-hydrogen) atoms. The fraction of sp³-hybridized carbons (Fsp3) is 0.538. The van der Waals surface area contributed by atoms with E-state index in [1.807, 2.05) is 0 Å². The Morgan fingerprint density at radius 3 is 2.59 bits per heavy atom. The molecule has 0 amide bonds. The van der Waals surface area contributed by atoms with Gasteiger partial charge in [-0.15, -0.1) is 0 Å². The molecule has 0 aliphatic rings. The largest absolute Gasteiger partial charge is 0.387 e. The van der Waals surface area contributed by atoms with Crippen LogP contribution in [0.5, 0.6) is 0 Å². The van der Waals surface area contributed by atoms with Crippen molar-refractivity contribution in [3.63, 3.8) is 0 Å². The minimum atomic E-state index is -0.581. The number of benzene rings is 1. The summed E-state index contributed by atoms with van der Waals surface area (Å²) in [5.41, 5.74) is 0.739. The van der Waals surface area contributed by atoms with Crippen LogP contribution >= 0.6 is 0 Å². The molecule has 96 valence electrons. The number of aliphatic hydroxyl groups excluding tert-OH is 1. The standard InChI is InChI=1S/C13H21FN2O/c1-3-16(2)9-8-15-10-13(17)11-4-6-12(14)7-5-11/h4-7,13,15,17H,3,8-10H2,1-2H3. The first kappa shape index (κ1) is 14.1. The van der Waals surface area contributed by atoms with Crippen LogP contribution in [-0.2, 0) is 0 Å². The number of halogens is 1. The predicted octanol–water partition coefficient (Wildman–Crippen LogP) is 1.40. The van der Waals surface area contributed by atoms with Crippen LogP contribution < -0.4 is 5.32 Å². The number of likely N-dealkylation sites (N-methyl/N-ethyl adjacent to an activating group) is 1. The summed E-state index contributed by atoms with van der Waals surface area (Å²) in [4.78, 5) is 2.19. The molecule has 2 N–H and O–H groups in total. The SMILES string of the molecule is CCN(C)CCNCC(O)c1ccc(F)cc1. The smallest absolute Gasteiger partial charge is 0.123 e. The lowest BCUT2D eigenvalue weighted by Crippen LogP contribution is -2.31. The summed E-state index contributed by atoms with van der Waals surface area (Å²) < 4.78 is 12.7. The average Bonchev–Trinajstić information content (AvgIpc) is 2.34. The maximum Gasteiger partial charge on any atom is 0.123 e. The number of rotatable bonds is 7. The van der Waals surface area contributed by atoms with Crippen LogP contribution in [0.1, 0.15) is 18.6 Å². The van der Waals surface area contributed by atoms with Crippen LogP contribution in [0, 0.1) is 5.82 Å². The van der Waals surface area contributed by atoms with E-state index in [4.69, 9.17) is 0 Å². The van der Waals surface area contributed by atoms with Gasteiger partial charge in [-0.3, -0.25) is 0 Å². The molecule has 0 saturated heterocycles. The van der Waals surface area contributed by atoms with Gasteiger partial charge in [0.25, 0.3) is 0 Å². The summed E-state index contributed by atoms with van der Waals surface area (Å²) in [6.45, 7) is 5.40. The predicted molar refractivity (Wildman–Crippen MR) is 67.4 cm³/mol. The van der Waals surface area contributed by atoms with Crippen LogP contribution in [0.15, 0.2) is 24.3 Å². The molecule has 0 aliphatic carbocycles. The minimum absolute atomic E-state index is 0.279. The summed E-state index contributed by atoms with van der Waals surface area (Å²) in [6, 6.07) is 5.95. The maximum atomic E-state index is 12.7. The second-order valence-corrected chi connectivity index (χ2v) is 4.17. The van der Waals surface area contributed by atoms with E-state index in [2.05, 4.69) is 24.2 Å². The molecule has 1 unspecified atom stereocenters. The van der Waals surface area contributed by atoms with Crippen molar-refractivity contribution in [3.8, 4) is 0 Å². The third-order valence-corrected chi connectivity index (χ3v) is 2.80. The maximum absolute atomic E-state index is 12.7. The van der Waals surface area contributed by atoms with Crippen LogP contribution in [0.4, 0.5) is 4.39 Å². The first-order valence-electron chi connectivity index (χ1n) is 5.96. The lowest BCUT2D eigenvalue weighted by molar-refractivity contribution is 0.173. The van der Waals surface area contributed by atoms with E-state index in [1.54, 1.807) is 12.1 Å². The van der Waals surface area contributed by atoms with Crippen LogP contribution in [0.2, 0.25) is 0 Å². The van der Waals surface area contributed by atoms with Crippen molar-refractivity contribution in [1.82, 2.24) is 10.2 Å². The number of hydrogen-bond donors (Lipinski definition) is 2. The zero-order valence-corrected chi connectivity index (χ0v) is 10.5. The Bertz CT molecular complexity index is 316. The van der Waals surface area contributed by atoms with Gasteiger partial charge in [0, 0.05) is 19.6 Å². The monoisotopic (exact) mass is 240 g/mol. The normalized spacial score (nSPS) is 13.0. The highest BCUT2D eigenvalue weighted by atomic mass is 19.1. The number of nitrogens with zero attached hydrogens (tertiary/aromatic N) is 1. The molecule has 3 nitrogen and oxygen atoms in total. The molecule has 0 aliphatic heterocycles. The van der Waals surface area contributed by atoms with E-state index in [1.165, 1.54) is 12.1 Å². The van der Waals surface area contributed by atoms with Gasteiger partial charge in [0.2, 0.25) is 0 Å². The average molecular weight is 240 g/mol. The van der Waals surface area contributed by atoms with Gasteiger partial charge in [-0.25, -0.2) is 4.39 Å². The Morgan fingerprint density at radius 1 is 1.35 bits per heavy atom. The highest BCUT2D eigenvalue weighted by Gasteiger charge is 2.06. The van der Waals surface area contributed by atoms with Gasteiger partial charge in [0.05, 0.1) is 6.10 Å². The van der Waals surface area contributed by atoms with Crippen LogP contribution in [0.25, 0.3) is 0 Å². The third-order valence-electron chi connectivity index (χ3n) is 2.80. The number of hydrogen-bond acceptors (Lipinski definition) is 3. The molecule has 0 heterocycles. The summed E-state index contributed by atoms with van der Waals surface area (Å²) in [5.74, 6) is -0.279. The summed E-state index contributed by atoms with van der Waals surface area (Å²) >= 11 is 0. The highest BCUT2D eigenvalue weighted by molar-refractivity contribution is 5.18. The summed E-state index contributed by atoms with van der Waals surface area (Å²) in [7, 11) is 2.05. The van der Waals surface area contributed by atoms with Crippen molar-refractivity contribution in [3.05, 3.63) is 35.6 Å². The molecule has 0 spiro atoms. The van der Waals surface area contributed by atoms with E-state index in [-0.39, 0.29) is 5.82 Å². The topological polar surface area (TPSA) is 35.5 Å². The van der Waals surface area contributed by atoms with Crippen molar-refractivity contribution in [2.24, 2.45) is 0 Å². The molecule has 1 aromatic rings. The summed E-state index contributed by atoms with van der Waals surface area (Å²) in [5, 5.41) is 13.0. The Balaban J connectivity index is 2.25. The van der Waals surface area contributed by atoms with Crippen molar-refractivity contribution in [1.29, 1.82) is 0 Å². The van der Waals surface area contributed by atoms with Crippen molar-refractivity contribution < 1.29 is 9.50 Å². The fourth-order valence-electron chi connectivity index (χ4n) is 1.47. The molecule has 1 rings (SSSR count). The first-order chi connectivity index (χ1) is 8.13. The summed E-state index contributed by atoms with van der Waals surface area (Å²) in [6.07, 6.45) is -0.581. The van der Waals surface area contributed by atoms with Gasteiger partial charge in [0.15, 0.2) is 0 Å². The van der Waals surface area contributed by atoms with E-state index < -0.39 is 6.10 Å². The zero-order chi connectivity index (χ0) is 12.7. The van der Waals surface area contributed by atoms with Crippen molar-refractivity contribution >= 4 is 0 Å². The van der Waals surface area contributed by atoms with Gasteiger partial charge >= 0.3 is 0 Å². The first-order valence-corrected chi connectivity index (χ1v) is 5.96. The Labute approximate surface area is 102 Å². The zero-order valence-electron chi connectivity index (χ0n) is 10.5. The second kappa shape index (κ2) is 7.37. The molecule has 1 atom stereocenters. The molecule has 0 saturated carbocycles. The van der Waals surface area contributed by atoms with E-state index in [0.717, 1.165) is 25.2 Å². The molecule has 0 aromatic heterocycles. The van der Waals surface area contributed by atoms with Crippen molar-refractivity contribution in [2.45, 2.75) is 13.0 Å². The van der Waals surface area contributed by atoms with Gasteiger partial charge in [-0.1, -0.05) is 19.1 Å². The quantitative estimate of drug-likeness (QED) is 0.707. The number of nitrogens with one attached hydrogen (secondary N) is 1.